The van der Waals surface area contributed by atoms with E-state index in [1.807, 2.05) is 12.1 Å². The summed E-state index contributed by atoms with van der Waals surface area (Å²) in [7, 11) is 0. The quantitative estimate of drug-likeness (QED) is 0.629. The Bertz CT molecular complexity index is 437. The van der Waals surface area contributed by atoms with Gasteiger partial charge in [0.05, 0.1) is 13.1 Å². The fourth-order valence-electron chi connectivity index (χ4n) is 2.12. The number of piperidine rings is 1. The summed E-state index contributed by atoms with van der Waals surface area (Å²) in [4.78, 5) is 24.7. The molecule has 1 aromatic heterocycles. The normalized spacial score (nSPS) is 16.2. The fraction of sp³-hybridized carbons (Fsp3) is 0.571. The van der Waals surface area contributed by atoms with Crippen molar-refractivity contribution in [3.8, 4) is 0 Å². The van der Waals surface area contributed by atoms with Gasteiger partial charge in [-0.1, -0.05) is 6.92 Å². The van der Waals surface area contributed by atoms with Gasteiger partial charge in [-0.05, 0) is 31.5 Å². The zero-order valence-corrected chi connectivity index (χ0v) is 11.3. The van der Waals surface area contributed by atoms with Crippen LogP contribution in [0.3, 0.4) is 0 Å². The van der Waals surface area contributed by atoms with Crippen LogP contribution in [0.15, 0.2) is 16.5 Å². The second-order valence-corrected chi connectivity index (χ2v) is 4.77. The molecule has 1 saturated heterocycles. The van der Waals surface area contributed by atoms with Gasteiger partial charge >= 0.3 is 0 Å². The van der Waals surface area contributed by atoms with Gasteiger partial charge in [-0.3, -0.25) is 14.5 Å². The minimum atomic E-state index is -0.0988. The molecule has 19 heavy (non-hydrogen) atoms. The third-order valence-electron chi connectivity index (χ3n) is 3.14. The van der Waals surface area contributed by atoms with Crippen LogP contribution in [-0.2, 0) is 22.7 Å². The molecule has 2 amide bonds. The molecule has 0 radical (unpaired) electrons. The highest BCUT2D eigenvalue weighted by atomic mass is 16.3. The first-order chi connectivity index (χ1) is 9.20. The van der Waals surface area contributed by atoms with Crippen molar-refractivity contribution in [1.82, 2.24) is 10.2 Å². The third kappa shape index (κ3) is 3.67. The largest absolute Gasteiger partial charge is 0.463 e. The molecule has 1 N–H and O–H groups in total. The second kappa shape index (κ2) is 6.52. The highest BCUT2D eigenvalue weighted by Crippen LogP contribution is 2.17. The molecule has 0 saturated carbocycles. The monoisotopic (exact) mass is 264 g/mol. The summed E-state index contributed by atoms with van der Waals surface area (Å²) in [5.74, 6) is 1.30. The molecule has 1 aromatic rings. The van der Waals surface area contributed by atoms with Crippen LogP contribution in [0, 0.1) is 0 Å². The number of likely N-dealkylation sites (tertiary alicyclic amines) is 1. The van der Waals surface area contributed by atoms with Crippen LogP contribution in [0.25, 0.3) is 0 Å². The van der Waals surface area contributed by atoms with E-state index in [9.17, 15) is 9.59 Å². The number of rotatable bonds is 6. The van der Waals surface area contributed by atoms with Gasteiger partial charge in [-0.25, -0.2) is 0 Å². The maximum atomic E-state index is 11.7. The topological polar surface area (TPSA) is 62.6 Å². The zero-order valence-electron chi connectivity index (χ0n) is 11.3. The van der Waals surface area contributed by atoms with Crippen LogP contribution in [0.5, 0.6) is 0 Å². The number of furan rings is 1. The molecule has 5 nitrogen and oxygen atoms in total. The van der Waals surface area contributed by atoms with Gasteiger partial charge in [0.2, 0.25) is 11.8 Å². The van der Waals surface area contributed by atoms with Crippen LogP contribution in [0.1, 0.15) is 44.1 Å². The number of hydrogen-bond acceptors (Lipinski definition) is 4. The van der Waals surface area contributed by atoms with Gasteiger partial charge in [0.25, 0.3) is 0 Å². The molecule has 1 aliphatic heterocycles. The van der Waals surface area contributed by atoms with Crippen molar-refractivity contribution in [3.63, 3.8) is 0 Å². The molecular formula is C14H20N2O3. The van der Waals surface area contributed by atoms with Crippen molar-refractivity contribution >= 4 is 11.8 Å². The molecule has 0 aromatic carbocycles. The van der Waals surface area contributed by atoms with Crippen LogP contribution in [0.2, 0.25) is 0 Å². The summed E-state index contributed by atoms with van der Waals surface area (Å²) in [5, 5.41) is 3.24. The van der Waals surface area contributed by atoms with Crippen molar-refractivity contribution in [1.29, 1.82) is 0 Å². The summed E-state index contributed by atoms with van der Waals surface area (Å²) in [5.41, 5.74) is 0. The molecule has 0 bridgehead atoms. The highest BCUT2D eigenvalue weighted by Gasteiger charge is 2.26. The average molecular weight is 264 g/mol. The number of carbonyl (C=O) groups excluding carboxylic acids is 2. The lowest BCUT2D eigenvalue weighted by Crippen LogP contribution is -2.39. The minimum absolute atomic E-state index is 0.0988. The fourth-order valence-corrected chi connectivity index (χ4v) is 2.12. The molecule has 2 rings (SSSR count). The Hall–Kier alpha value is -1.62. The van der Waals surface area contributed by atoms with Crippen molar-refractivity contribution in [2.45, 2.75) is 45.7 Å². The summed E-state index contributed by atoms with van der Waals surface area (Å²) < 4.78 is 5.62. The smallest absolute Gasteiger partial charge is 0.229 e. The Morgan fingerprint density at radius 3 is 2.58 bits per heavy atom. The van der Waals surface area contributed by atoms with Crippen molar-refractivity contribution < 1.29 is 14.0 Å². The lowest BCUT2D eigenvalue weighted by Gasteiger charge is -2.23. The molecule has 5 heteroatoms. The maximum Gasteiger partial charge on any atom is 0.229 e. The van der Waals surface area contributed by atoms with Crippen LogP contribution >= 0.6 is 0 Å². The molecule has 2 heterocycles. The molecular weight excluding hydrogens is 244 g/mol. The van der Waals surface area contributed by atoms with Crippen molar-refractivity contribution in [3.05, 3.63) is 23.7 Å². The minimum Gasteiger partial charge on any atom is -0.463 e. The highest BCUT2D eigenvalue weighted by molar-refractivity contribution is 5.97. The Labute approximate surface area is 113 Å². The van der Waals surface area contributed by atoms with E-state index < -0.39 is 0 Å². The lowest BCUT2D eigenvalue weighted by atomic mass is 10.1. The van der Waals surface area contributed by atoms with E-state index in [1.54, 1.807) is 0 Å². The van der Waals surface area contributed by atoms with E-state index >= 15 is 0 Å². The summed E-state index contributed by atoms with van der Waals surface area (Å²) in [6.45, 7) is 3.98. The summed E-state index contributed by atoms with van der Waals surface area (Å²) in [6, 6.07) is 3.72. The van der Waals surface area contributed by atoms with E-state index in [0.29, 0.717) is 31.6 Å². The van der Waals surface area contributed by atoms with E-state index in [1.165, 1.54) is 4.90 Å². The number of nitrogens with one attached hydrogen (secondary N) is 1. The molecule has 0 spiro atoms. The molecule has 0 atom stereocenters. The first-order valence-corrected chi connectivity index (χ1v) is 6.82. The Kier molecular flexibility index (Phi) is 4.74. The standard InChI is InChI=1S/C14H20N2O3/c1-2-8-15-9-11-6-7-12(19-11)10-16-13(17)4-3-5-14(16)18/h6-7,15H,2-5,8-10H2,1H3. The second-order valence-electron chi connectivity index (χ2n) is 4.77. The summed E-state index contributed by atoms with van der Waals surface area (Å²) in [6.07, 6.45) is 2.65. The van der Waals surface area contributed by atoms with E-state index in [2.05, 4.69) is 12.2 Å². The molecule has 0 aliphatic carbocycles. The van der Waals surface area contributed by atoms with Crippen LogP contribution in [-0.4, -0.2) is 23.3 Å². The Balaban J connectivity index is 1.91. The predicted molar refractivity (Wildman–Crippen MR) is 70.1 cm³/mol. The van der Waals surface area contributed by atoms with Crippen molar-refractivity contribution in [2.75, 3.05) is 6.54 Å². The maximum absolute atomic E-state index is 11.7. The zero-order chi connectivity index (χ0) is 13.7. The number of nitrogens with zero attached hydrogens (tertiary/aromatic N) is 1. The number of carbonyl (C=O) groups is 2. The number of imide groups is 1. The van der Waals surface area contributed by atoms with E-state index in [0.717, 1.165) is 18.7 Å². The van der Waals surface area contributed by atoms with Gasteiger partial charge in [-0.15, -0.1) is 0 Å². The Morgan fingerprint density at radius 2 is 1.89 bits per heavy atom. The Morgan fingerprint density at radius 1 is 1.21 bits per heavy atom. The van der Waals surface area contributed by atoms with Gasteiger partial charge in [-0.2, -0.15) is 0 Å². The molecule has 1 fully saturated rings. The third-order valence-corrected chi connectivity index (χ3v) is 3.14. The SMILES string of the molecule is CCCNCc1ccc(CN2C(=O)CCCC2=O)o1. The molecule has 0 unspecified atom stereocenters. The number of amides is 2. The summed E-state index contributed by atoms with van der Waals surface area (Å²) >= 11 is 0. The van der Waals surface area contributed by atoms with Gasteiger partial charge in [0, 0.05) is 12.8 Å². The average Bonchev–Trinajstić information content (AvgIpc) is 2.82. The van der Waals surface area contributed by atoms with Gasteiger partial charge in [0.15, 0.2) is 0 Å². The van der Waals surface area contributed by atoms with Gasteiger partial charge < -0.3 is 9.73 Å². The van der Waals surface area contributed by atoms with E-state index in [-0.39, 0.29) is 18.4 Å². The van der Waals surface area contributed by atoms with Crippen LogP contribution < -0.4 is 5.32 Å². The van der Waals surface area contributed by atoms with Crippen molar-refractivity contribution in [2.24, 2.45) is 0 Å². The first-order valence-electron chi connectivity index (χ1n) is 6.82. The van der Waals surface area contributed by atoms with Gasteiger partial charge in [0.1, 0.15) is 11.5 Å². The number of hydrogen-bond donors (Lipinski definition) is 1. The molecule has 104 valence electrons. The van der Waals surface area contributed by atoms with Crippen LogP contribution in [0.4, 0.5) is 0 Å². The molecule has 1 aliphatic rings. The lowest BCUT2D eigenvalue weighted by molar-refractivity contribution is -0.149. The van der Waals surface area contributed by atoms with E-state index in [4.69, 9.17) is 4.42 Å². The first kappa shape index (κ1) is 13.8. The predicted octanol–water partition coefficient (Wildman–Crippen LogP) is 1.82.